The largest absolute Gasteiger partial charge is 0.466 e. The van der Waals surface area contributed by atoms with Gasteiger partial charge in [-0.15, -0.1) is 0 Å². The van der Waals surface area contributed by atoms with Gasteiger partial charge in [0.15, 0.2) is 6.29 Å². The number of rotatable bonds is 7. The monoisotopic (exact) mass is 415 g/mol. The Balaban J connectivity index is 1.68. The molecule has 0 radical (unpaired) electrons. The number of nitrogens with zero attached hydrogens (tertiary/aromatic N) is 1. The zero-order valence-corrected chi connectivity index (χ0v) is 18.2. The third kappa shape index (κ3) is 5.42. The molecule has 0 aromatic heterocycles. The van der Waals surface area contributed by atoms with Gasteiger partial charge in [-0.3, -0.25) is 5.21 Å². The van der Waals surface area contributed by atoms with Gasteiger partial charge >= 0.3 is 5.97 Å². The first-order valence-electron chi connectivity index (χ1n) is 10.9. The molecule has 1 aromatic rings. The van der Waals surface area contributed by atoms with Gasteiger partial charge in [0.25, 0.3) is 0 Å². The Morgan fingerprint density at radius 1 is 1.27 bits per heavy atom. The Bertz CT molecular complexity index is 760. The van der Waals surface area contributed by atoms with Crippen LogP contribution in [0.15, 0.2) is 42.5 Å². The molecule has 0 spiro atoms. The van der Waals surface area contributed by atoms with E-state index in [9.17, 15) is 10.0 Å². The Hall–Kier alpha value is -2.34. The first-order valence-corrected chi connectivity index (χ1v) is 10.9. The molecule has 1 heterocycles. The van der Waals surface area contributed by atoms with E-state index in [-0.39, 0.29) is 23.9 Å². The lowest BCUT2D eigenvalue weighted by Gasteiger charge is -2.40. The third-order valence-corrected chi connectivity index (χ3v) is 6.43. The van der Waals surface area contributed by atoms with Crippen LogP contribution in [0.5, 0.6) is 0 Å². The molecule has 164 valence electrons. The number of hydrogen-bond donors (Lipinski definition) is 0. The van der Waals surface area contributed by atoms with E-state index < -0.39 is 6.29 Å². The zero-order chi connectivity index (χ0) is 21.5. The molecule has 0 N–H and O–H groups in total. The van der Waals surface area contributed by atoms with Gasteiger partial charge in [-0.05, 0) is 31.2 Å². The molecular formula is C24H33NO5. The molecule has 1 aliphatic carbocycles. The van der Waals surface area contributed by atoms with Gasteiger partial charge in [-0.2, -0.15) is 0 Å². The number of hydrogen-bond acceptors (Lipinski definition) is 5. The van der Waals surface area contributed by atoms with Gasteiger partial charge in [-0.25, -0.2) is 4.79 Å². The number of benzene rings is 1. The highest BCUT2D eigenvalue weighted by Gasteiger charge is 2.40. The van der Waals surface area contributed by atoms with Gasteiger partial charge in [0.1, 0.15) is 0 Å². The number of methoxy groups -OCH3 is 1. The Labute approximate surface area is 179 Å². The summed E-state index contributed by atoms with van der Waals surface area (Å²) in [5.41, 5.74) is 1.94. The van der Waals surface area contributed by atoms with Crippen LogP contribution in [0.2, 0.25) is 0 Å². The number of allylic oxidation sites excluding steroid dienone is 1. The SMILES string of the molecule is COC(=O)/C=C/CCC1C(C)=[N+]([O-])OC(O[C@@H]2CCCC[C@H]2c2ccccc2)C1C. The molecule has 0 saturated heterocycles. The first kappa shape index (κ1) is 22.3. The lowest BCUT2D eigenvalue weighted by molar-refractivity contribution is -0.777. The average Bonchev–Trinajstić information content (AvgIpc) is 2.77. The highest BCUT2D eigenvalue weighted by Crippen LogP contribution is 2.38. The minimum Gasteiger partial charge on any atom is -0.466 e. The first-order chi connectivity index (χ1) is 14.5. The molecule has 30 heavy (non-hydrogen) atoms. The number of carbonyl (C=O) groups is 1. The van der Waals surface area contributed by atoms with Crippen molar-refractivity contribution < 1.29 is 24.0 Å². The van der Waals surface area contributed by atoms with Crippen LogP contribution in [0, 0.1) is 17.0 Å². The van der Waals surface area contributed by atoms with E-state index in [2.05, 4.69) is 35.9 Å². The van der Waals surface area contributed by atoms with E-state index in [0.29, 0.717) is 23.0 Å². The number of ether oxygens (including phenoxy) is 2. The zero-order valence-electron chi connectivity index (χ0n) is 18.2. The minimum atomic E-state index is -0.574. The van der Waals surface area contributed by atoms with Crippen molar-refractivity contribution in [3.05, 3.63) is 53.3 Å². The van der Waals surface area contributed by atoms with E-state index in [1.807, 2.05) is 13.0 Å². The van der Waals surface area contributed by atoms with Gasteiger partial charge in [0.05, 0.1) is 19.1 Å². The van der Waals surface area contributed by atoms with Crippen molar-refractivity contribution in [2.75, 3.05) is 7.11 Å². The molecule has 3 unspecified atom stereocenters. The predicted molar refractivity (Wildman–Crippen MR) is 115 cm³/mol. The summed E-state index contributed by atoms with van der Waals surface area (Å²) in [5.74, 6) is 0.0262. The van der Waals surface area contributed by atoms with Crippen LogP contribution in [0.4, 0.5) is 0 Å². The van der Waals surface area contributed by atoms with E-state index in [0.717, 1.165) is 25.7 Å². The van der Waals surface area contributed by atoms with Crippen LogP contribution in [-0.2, 0) is 19.1 Å². The fourth-order valence-corrected chi connectivity index (χ4v) is 4.64. The van der Waals surface area contributed by atoms with Crippen molar-refractivity contribution in [3.8, 4) is 0 Å². The summed E-state index contributed by atoms with van der Waals surface area (Å²) >= 11 is 0. The predicted octanol–water partition coefficient (Wildman–Crippen LogP) is 4.73. The van der Waals surface area contributed by atoms with E-state index in [1.54, 1.807) is 6.08 Å². The second kappa shape index (κ2) is 10.6. The molecule has 1 fully saturated rings. The Morgan fingerprint density at radius 3 is 2.73 bits per heavy atom. The molecule has 1 aromatic carbocycles. The molecule has 1 aliphatic heterocycles. The fourth-order valence-electron chi connectivity index (χ4n) is 4.64. The second-order valence-corrected chi connectivity index (χ2v) is 8.32. The van der Waals surface area contributed by atoms with Gasteiger partial charge in [0.2, 0.25) is 5.71 Å². The summed E-state index contributed by atoms with van der Waals surface area (Å²) < 4.78 is 11.1. The van der Waals surface area contributed by atoms with Crippen molar-refractivity contribution >= 4 is 11.7 Å². The van der Waals surface area contributed by atoms with Crippen molar-refractivity contribution in [3.63, 3.8) is 0 Å². The highest BCUT2D eigenvalue weighted by molar-refractivity contribution is 5.82. The molecule has 6 nitrogen and oxygen atoms in total. The molecule has 1 saturated carbocycles. The maximum atomic E-state index is 12.4. The van der Waals surface area contributed by atoms with Crippen LogP contribution in [0.25, 0.3) is 0 Å². The second-order valence-electron chi connectivity index (χ2n) is 8.32. The molecule has 6 heteroatoms. The molecule has 0 amide bonds. The van der Waals surface area contributed by atoms with Crippen LogP contribution < -0.4 is 0 Å². The summed E-state index contributed by atoms with van der Waals surface area (Å²) in [4.78, 5) is 17.5. The molecular weight excluding hydrogens is 382 g/mol. The topological polar surface area (TPSA) is 70.8 Å². The van der Waals surface area contributed by atoms with Gasteiger partial charge in [0, 0.05) is 29.7 Å². The highest BCUT2D eigenvalue weighted by atomic mass is 16.9. The van der Waals surface area contributed by atoms with Crippen LogP contribution in [0.1, 0.15) is 63.9 Å². The molecule has 5 atom stereocenters. The van der Waals surface area contributed by atoms with Gasteiger partial charge < -0.3 is 14.3 Å². The van der Waals surface area contributed by atoms with E-state index in [1.165, 1.54) is 25.2 Å². The number of esters is 1. The fraction of sp³-hybridized carbons (Fsp3) is 0.583. The molecule has 2 aliphatic rings. The standard InChI is InChI=1S/C24H33NO5/c1-17-20(13-8-10-16-23(26)28-3)18(2)25(27)30-24(17)29-22-15-9-7-14-21(22)19-11-5-4-6-12-19/h4-6,10-12,16-17,20-22,24H,7-9,13-15H2,1-3H3/b16-10+/t17?,20?,21-,22+,24?/m0/s1. The lowest BCUT2D eigenvalue weighted by Crippen LogP contribution is -2.46. The molecule has 0 bridgehead atoms. The van der Waals surface area contributed by atoms with Crippen molar-refractivity contribution in [1.82, 2.24) is 0 Å². The van der Waals surface area contributed by atoms with Crippen molar-refractivity contribution in [2.45, 2.75) is 70.7 Å². The summed E-state index contributed by atoms with van der Waals surface area (Å²) in [6.45, 7) is 3.89. The van der Waals surface area contributed by atoms with Crippen LogP contribution in [-0.4, -0.2) is 36.1 Å². The maximum absolute atomic E-state index is 12.4. The van der Waals surface area contributed by atoms with E-state index >= 15 is 0 Å². The Morgan fingerprint density at radius 2 is 2.00 bits per heavy atom. The summed E-state index contributed by atoms with van der Waals surface area (Å²) in [6, 6.07) is 10.5. The summed E-state index contributed by atoms with van der Waals surface area (Å²) in [5, 5.41) is 12.4. The van der Waals surface area contributed by atoms with Crippen molar-refractivity contribution in [2.24, 2.45) is 11.8 Å². The third-order valence-electron chi connectivity index (χ3n) is 6.43. The smallest absolute Gasteiger partial charge is 0.330 e. The van der Waals surface area contributed by atoms with Crippen LogP contribution in [0.3, 0.4) is 0 Å². The number of carbonyl (C=O) groups excluding carboxylic acids is 1. The normalized spacial score (nSPS) is 29.6. The maximum Gasteiger partial charge on any atom is 0.330 e. The summed E-state index contributed by atoms with van der Waals surface area (Å²) in [6.07, 6.45) is 8.49. The Kier molecular flexibility index (Phi) is 7.91. The molecule has 3 rings (SSSR count). The minimum absolute atomic E-state index is 0.0299. The lowest BCUT2D eigenvalue weighted by atomic mass is 9.81. The van der Waals surface area contributed by atoms with Gasteiger partial charge in [-0.1, -0.05) is 56.2 Å². The summed E-state index contributed by atoms with van der Waals surface area (Å²) in [7, 11) is 1.36. The average molecular weight is 416 g/mol. The quantitative estimate of drug-likeness (QED) is 0.366. The van der Waals surface area contributed by atoms with Crippen molar-refractivity contribution in [1.29, 1.82) is 0 Å². The van der Waals surface area contributed by atoms with E-state index in [4.69, 9.17) is 9.57 Å². The van der Waals surface area contributed by atoms with Crippen LogP contribution >= 0.6 is 0 Å².